The molecule has 2 rings (SSSR count). The summed E-state index contributed by atoms with van der Waals surface area (Å²) in [5.41, 5.74) is 8.47. The van der Waals surface area contributed by atoms with Crippen molar-refractivity contribution >= 4 is 0 Å². The van der Waals surface area contributed by atoms with E-state index >= 15 is 0 Å². The lowest BCUT2D eigenvalue weighted by molar-refractivity contribution is 0.224. The number of nitrogens with two attached hydrogens (primary N) is 1. The van der Waals surface area contributed by atoms with Gasteiger partial charge in [-0.25, -0.2) is 0 Å². The highest BCUT2D eigenvalue weighted by Crippen LogP contribution is 2.48. The van der Waals surface area contributed by atoms with Crippen LogP contribution in [0.5, 0.6) is 5.75 Å². The fourth-order valence-corrected chi connectivity index (χ4v) is 2.20. The summed E-state index contributed by atoms with van der Waals surface area (Å²) in [6, 6.07) is 6.28. The van der Waals surface area contributed by atoms with E-state index < -0.39 is 0 Å². The zero-order valence-corrected chi connectivity index (χ0v) is 10.3. The Morgan fingerprint density at radius 1 is 1.25 bits per heavy atom. The summed E-state index contributed by atoms with van der Waals surface area (Å²) in [5, 5.41) is 0. The van der Waals surface area contributed by atoms with E-state index in [-0.39, 0.29) is 0 Å². The van der Waals surface area contributed by atoms with Crippen molar-refractivity contribution in [3.05, 3.63) is 29.3 Å². The fourth-order valence-electron chi connectivity index (χ4n) is 2.20. The molecule has 0 unspecified atom stereocenters. The van der Waals surface area contributed by atoms with Gasteiger partial charge in [-0.1, -0.05) is 18.2 Å². The van der Waals surface area contributed by atoms with Gasteiger partial charge in [0.05, 0.1) is 6.61 Å². The van der Waals surface area contributed by atoms with Crippen molar-refractivity contribution in [3.8, 4) is 5.75 Å². The van der Waals surface area contributed by atoms with Gasteiger partial charge < -0.3 is 10.5 Å². The molecular weight excluding hydrogens is 198 g/mol. The SMILES string of the molecule is Cc1cccc(C)c1OCC1(CCN)CC1. The molecule has 1 aromatic carbocycles. The lowest BCUT2D eigenvalue weighted by Crippen LogP contribution is -2.18. The molecule has 2 N–H and O–H groups in total. The van der Waals surface area contributed by atoms with Gasteiger partial charge >= 0.3 is 0 Å². The molecule has 1 aliphatic carbocycles. The fraction of sp³-hybridized carbons (Fsp3) is 0.571. The molecule has 0 spiro atoms. The van der Waals surface area contributed by atoms with Gasteiger partial charge in [-0.2, -0.15) is 0 Å². The van der Waals surface area contributed by atoms with E-state index in [0.717, 1.165) is 25.3 Å². The maximum absolute atomic E-state index is 5.99. The number of rotatable bonds is 5. The molecule has 2 nitrogen and oxygen atoms in total. The second-order valence-corrected chi connectivity index (χ2v) is 5.05. The second kappa shape index (κ2) is 4.46. The molecule has 1 saturated carbocycles. The summed E-state index contributed by atoms with van der Waals surface area (Å²) in [6.45, 7) is 5.81. The molecule has 0 amide bonds. The second-order valence-electron chi connectivity index (χ2n) is 5.05. The van der Waals surface area contributed by atoms with E-state index in [1.165, 1.54) is 24.0 Å². The van der Waals surface area contributed by atoms with Crippen LogP contribution < -0.4 is 10.5 Å². The average Bonchev–Trinajstić information content (AvgIpc) is 2.98. The van der Waals surface area contributed by atoms with Crippen LogP contribution in [0.1, 0.15) is 30.4 Å². The molecule has 88 valence electrons. The number of benzene rings is 1. The van der Waals surface area contributed by atoms with Crippen LogP contribution >= 0.6 is 0 Å². The summed E-state index contributed by atoms with van der Waals surface area (Å²) >= 11 is 0. The summed E-state index contributed by atoms with van der Waals surface area (Å²) in [5.74, 6) is 1.06. The molecule has 0 saturated heterocycles. The monoisotopic (exact) mass is 219 g/mol. The van der Waals surface area contributed by atoms with E-state index in [4.69, 9.17) is 10.5 Å². The maximum atomic E-state index is 5.99. The molecule has 1 aromatic rings. The van der Waals surface area contributed by atoms with Gasteiger partial charge in [0.15, 0.2) is 0 Å². The topological polar surface area (TPSA) is 35.2 Å². The minimum absolute atomic E-state index is 0.392. The van der Waals surface area contributed by atoms with E-state index in [1.54, 1.807) is 0 Å². The molecule has 16 heavy (non-hydrogen) atoms. The van der Waals surface area contributed by atoms with E-state index in [0.29, 0.717) is 5.41 Å². The Kier molecular flexibility index (Phi) is 3.20. The summed E-state index contributed by atoms with van der Waals surface area (Å²) in [4.78, 5) is 0. The number of aryl methyl sites for hydroxylation is 2. The van der Waals surface area contributed by atoms with Gasteiger partial charge in [-0.15, -0.1) is 0 Å². The first kappa shape index (κ1) is 11.5. The van der Waals surface area contributed by atoms with Gasteiger partial charge in [0.1, 0.15) is 5.75 Å². The normalized spacial score (nSPS) is 17.2. The molecule has 0 bridgehead atoms. The summed E-state index contributed by atoms with van der Waals surface area (Å²) in [7, 11) is 0. The van der Waals surface area contributed by atoms with Crippen molar-refractivity contribution in [2.45, 2.75) is 33.1 Å². The van der Waals surface area contributed by atoms with E-state index in [2.05, 4.69) is 32.0 Å². The lowest BCUT2D eigenvalue weighted by Gasteiger charge is -2.17. The zero-order chi connectivity index (χ0) is 11.6. The first-order chi connectivity index (χ1) is 7.67. The predicted octanol–water partition coefficient (Wildman–Crippen LogP) is 2.81. The van der Waals surface area contributed by atoms with Crippen LogP contribution in [0.25, 0.3) is 0 Å². The van der Waals surface area contributed by atoms with Gasteiger partial charge in [0, 0.05) is 5.41 Å². The largest absolute Gasteiger partial charge is 0.492 e. The minimum atomic E-state index is 0.392. The summed E-state index contributed by atoms with van der Waals surface area (Å²) < 4.78 is 5.99. The Balaban J connectivity index is 2.00. The van der Waals surface area contributed by atoms with Crippen molar-refractivity contribution < 1.29 is 4.74 Å². The molecule has 0 radical (unpaired) electrons. The van der Waals surface area contributed by atoms with Gasteiger partial charge in [-0.3, -0.25) is 0 Å². The van der Waals surface area contributed by atoms with Crippen molar-refractivity contribution in [2.75, 3.05) is 13.2 Å². The number of hydrogen-bond acceptors (Lipinski definition) is 2. The van der Waals surface area contributed by atoms with Crippen LogP contribution in [0.3, 0.4) is 0 Å². The third-order valence-corrected chi connectivity index (χ3v) is 3.56. The first-order valence-electron chi connectivity index (χ1n) is 6.06. The highest BCUT2D eigenvalue weighted by Gasteiger charge is 2.42. The first-order valence-corrected chi connectivity index (χ1v) is 6.06. The van der Waals surface area contributed by atoms with Crippen LogP contribution in [0, 0.1) is 19.3 Å². The highest BCUT2D eigenvalue weighted by atomic mass is 16.5. The molecule has 0 aliphatic heterocycles. The number of hydrogen-bond donors (Lipinski definition) is 1. The van der Waals surface area contributed by atoms with Crippen LogP contribution in [0.2, 0.25) is 0 Å². The predicted molar refractivity (Wildman–Crippen MR) is 66.7 cm³/mol. The zero-order valence-electron chi connectivity index (χ0n) is 10.3. The van der Waals surface area contributed by atoms with Gasteiger partial charge in [-0.05, 0) is 50.8 Å². The van der Waals surface area contributed by atoms with Crippen molar-refractivity contribution in [1.82, 2.24) is 0 Å². The standard InChI is InChI=1S/C14H21NO/c1-11-4-3-5-12(2)13(11)16-10-14(6-7-14)8-9-15/h3-5H,6-10,15H2,1-2H3. The van der Waals surface area contributed by atoms with Crippen molar-refractivity contribution in [2.24, 2.45) is 11.1 Å². The average molecular weight is 219 g/mol. The Labute approximate surface area is 97.8 Å². The maximum Gasteiger partial charge on any atom is 0.125 e. The number of para-hydroxylation sites is 1. The third kappa shape index (κ3) is 2.38. The lowest BCUT2D eigenvalue weighted by atomic mass is 10.0. The molecule has 2 heteroatoms. The van der Waals surface area contributed by atoms with Crippen LogP contribution in [0.15, 0.2) is 18.2 Å². The highest BCUT2D eigenvalue weighted by molar-refractivity contribution is 5.39. The Bertz CT molecular complexity index is 349. The molecule has 0 atom stereocenters. The molecular formula is C14H21NO. The van der Waals surface area contributed by atoms with Crippen LogP contribution in [-0.4, -0.2) is 13.2 Å². The molecule has 1 aliphatic rings. The smallest absolute Gasteiger partial charge is 0.125 e. The van der Waals surface area contributed by atoms with Crippen molar-refractivity contribution in [3.63, 3.8) is 0 Å². The Morgan fingerprint density at radius 3 is 2.38 bits per heavy atom. The van der Waals surface area contributed by atoms with Crippen LogP contribution in [0.4, 0.5) is 0 Å². The molecule has 0 heterocycles. The molecule has 1 fully saturated rings. The van der Waals surface area contributed by atoms with E-state index in [1.807, 2.05) is 0 Å². The van der Waals surface area contributed by atoms with E-state index in [9.17, 15) is 0 Å². The Morgan fingerprint density at radius 2 is 1.88 bits per heavy atom. The molecule has 0 aromatic heterocycles. The number of ether oxygens (including phenoxy) is 1. The quantitative estimate of drug-likeness (QED) is 0.826. The van der Waals surface area contributed by atoms with Gasteiger partial charge in [0.25, 0.3) is 0 Å². The summed E-state index contributed by atoms with van der Waals surface area (Å²) in [6.07, 6.45) is 3.64. The third-order valence-electron chi connectivity index (χ3n) is 3.56. The minimum Gasteiger partial charge on any atom is -0.492 e. The van der Waals surface area contributed by atoms with Crippen LogP contribution in [-0.2, 0) is 0 Å². The van der Waals surface area contributed by atoms with Crippen molar-refractivity contribution in [1.29, 1.82) is 0 Å². The van der Waals surface area contributed by atoms with Gasteiger partial charge in [0.2, 0.25) is 0 Å². The Hall–Kier alpha value is -1.02.